The molecule has 230 valence electrons. The first-order chi connectivity index (χ1) is 21.8. The molecule has 0 aliphatic rings. The van der Waals surface area contributed by atoms with E-state index in [1.807, 2.05) is 19.9 Å². The van der Waals surface area contributed by atoms with Crippen molar-refractivity contribution in [3.63, 3.8) is 0 Å². The van der Waals surface area contributed by atoms with Gasteiger partial charge in [0, 0.05) is 16.1 Å². The minimum Gasteiger partial charge on any atom is -0.494 e. The largest absolute Gasteiger partial charge is 0.494 e. The van der Waals surface area contributed by atoms with E-state index in [1.165, 1.54) is 11.8 Å². The molecule has 0 radical (unpaired) electrons. The highest BCUT2D eigenvalue weighted by Crippen LogP contribution is 2.29. The van der Waals surface area contributed by atoms with Crippen molar-refractivity contribution < 1.29 is 23.9 Å². The van der Waals surface area contributed by atoms with Crippen LogP contribution in [0.5, 0.6) is 5.75 Å². The molecule has 1 atom stereocenters. The standard InChI is InChI=1S/C35H34N4O5S/c1-3-31(35(43)38-29-16-9-8-15-28(29)32(36)40)45-27-14-10-13-25(22-27)37-34(42)30(39-33(41)24-11-6-5-7-12-24)21-23-17-19-26(20-18-23)44-4-2/h5-22,31H,3-4H2,1-2H3,(H2,36,40)(H,37,42)(H,38,43)(H,39,41)/b30-21+. The molecule has 0 saturated carbocycles. The number of carbonyl (C=O) groups is 4. The number of thioether (sulfide) groups is 1. The van der Waals surface area contributed by atoms with Crippen molar-refractivity contribution in [1.82, 2.24) is 5.32 Å². The molecule has 0 spiro atoms. The molecule has 4 aromatic carbocycles. The van der Waals surface area contributed by atoms with Gasteiger partial charge in [-0.15, -0.1) is 11.8 Å². The van der Waals surface area contributed by atoms with Crippen LogP contribution in [0.4, 0.5) is 11.4 Å². The zero-order valence-electron chi connectivity index (χ0n) is 24.9. The van der Waals surface area contributed by atoms with E-state index in [0.717, 1.165) is 4.90 Å². The lowest BCUT2D eigenvalue weighted by Crippen LogP contribution is -2.30. The van der Waals surface area contributed by atoms with E-state index < -0.39 is 23.0 Å². The van der Waals surface area contributed by atoms with Crippen molar-refractivity contribution in [1.29, 1.82) is 0 Å². The summed E-state index contributed by atoms with van der Waals surface area (Å²) in [4.78, 5) is 52.1. The van der Waals surface area contributed by atoms with Crippen molar-refractivity contribution in [2.75, 3.05) is 17.2 Å². The Labute approximate surface area is 266 Å². The average molecular weight is 623 g/mol. The minimum absolute atomic E-state index is 0.0463. The first kappa shape index (κ1) is 32.6. The van der Waals surface area contributed by atoms with Crippen LogP contribution in [0.1, 0.15) is 46.5 Å². The molecule has 0 aromatic heterocycles. The van der Waals surface area contributed by atoms with E-state index >= 15 is 0 Å². The second-order valence-electron chi connectivity index (χ2n) is 9.78. The second-order valence-corrected chi connectivity index (χ2v) is 11.1. The van der Waals surface area contributed by atoms with Gasteiger partial charge in [-0.1, -0.05) is 55.5 Å². The van der Waals surface area contributed by atoms with E-state index in [4.69, 9.17) is 10.5 Å². The van der Waals surface area contributed by atoms with Crippen molar-refractivity contribution >= 4 is 52.8 Å². The number of nitrogens with two attached hydrogens (primary N) is 1. The lowest BCUT2D eigenvalue weighted by atomic mass is 10.1. The van der Waals surface area contributed by atoms with Gasteiger partial charge in [0.15, 0.2) is 0 Å². The number of para-hydroxylation sites is 1. The quantitative estimate of drug-likeness (QED) is 0.105. The van der Waals surface area contributed by atoms with Crippen LogP contribution in [-0.4, -0.2) is 35.5 Å². The Morgan fingerprint density at radius 2 is 1.56 bits per heavy atom. The average Bonchev–Trinajstić information content (AvgIpc) is 3.05. The molecule has 0 heterocycles. The molecular formula is C35H34N4O5S. The van der Waals surface area contributed by atoms with Gasteiger partial charge in [0.2, 0.25) is 5.91 Å². The zero-order chi connectivity index (χ0) is 32.2. The fourth-order valence-corrected chi connectivity index (χ4v) is 5.30. The SMILES string of the molecule is CCOc1ccc(/C=C(/NC(=O)c2ccccc2)C(=O)Nc2cccc(SC(CC)C(=O)Nc3ccccc3C(N)=O)c2)cc1. The number of nitrogens with one attached hydrogen (secondary N) is 3. The third kappa shape index (κ3) is 9.32. The maximum atomic E-state index is 13.5. The van der Waals surface area contributed by atoms with Gasteiger partial charge in [0.05, 0.1) is 23.1 Å². The highest BCUT2D eigenvalue weighted by Gasteiger charge is 2.21. The molecule has 0 aliphatic carbocycles. The molecule has 45 heavy (non-hydrogen) atoms. The Kier molecular flexibility index (Phi) is 11.5. The van der Waals surface area contributed by atoms with E-state index in [0.29, 0.717) is 41.3 Å². The summed E-state index contributed by atoms with van der Waals surface area (Å²) in [5.41, 5.74) is 7.65. The van der Waals surface area contributed by atoms with Crippen LogP contribution < -0.4 is 26.4 Å². The van der Waals surface area contributed by atoms with E-state index in [1.54, 1.807) is 103 Å². The Bertz CT molecular complexity index is 1690. The number of amides is 4. The highest BCUT2D eigenvalue weighted by molar-refractivity contribution is 8.00. The van der Waals surface area contributed by atoms with Crippen LogP contribution in [0.25, 0.3) is 6.08 Å². The number of benzene rings is 4. The number of carbonyl (C=O) groups excluding carboxylic acids is 4. The van der Waals surface area contributed by atoms with Crippen LogP contribution in [-0.2, 0) is 9.59 Å². The lowest BCUT2D eigenvalue weighted by Gasteiger charge is -2.17. The van der Waals surface area contributed by atoms with Gasteiger partial charge in [0.1, 0.15) is 11.4 Å². The Morgan fingerprint density at radius 3 is 2.24 bits per heavy atom. The second kappa shape index (κ2) is 15.9. The summed E-state index contributed by atoms with van der Waals surface area (Å²) in [6.07, 6.45) is 2.10. The monoisotopic (exact) mass is 622 g/mol. The van der Waals surface area contributed by atoms with Crippen molar-refractivity contribution in [3.05, 3.63) is 126 Å². The molecule has 10 heteroatoms. The van der Waals surface area contributed by atoms with Crippen molar-refractivity contribution in [2.45, 2.75) is 30.4 Å². The summed E-state index contributed by atoms with van der Waals surface area (Å²) in [5, 5.41) is 7.91. The lowest BCUT2D eigenvalue weighted by molar-refractivity contribution is -0.116. The normalized spacial score (nSPS) is 11.6. The molecule has 0 fully saturated rings. The number of anilines is 2. The van der Waals surface area contributed by atoms with E-state index in [2.05, 4.69) is 16.0 Å². The summed E-state index contributed by atoms with van der Waals surface area (Å²) in [7, 11) is 0. The van der Waals surface area contributed by atoms with Gasteiger partial charge in [0.25, 0.3) is 17.7 Å². The van der Waals surface area contributed by atoms with Gasteiger partial charge in [-0.25, -0.2) is 0 Å². The molecule has 4 aromatic rings. The van der Waals surface area contributed by atoms with Crippen molar-refractivity contribution in [3.8, 4) is 5.75 Å². The maximum Gasteiger partial charge on any atom is 0.272 e. The Hall–Kier alpha value is -5.35. The van der Waals surface area contributed by atoms with Gasteiger partial charge in [-0.2, -0.15) is 0 Å². The molecule has 9 nitrogen and oxygen atoms in total. The topological polar surface area (TPSA) is 140 Å². The highest BCUT2D eigenvalue weighted by atomic mass is 32.2. The Balaban J connectivity index is 1.51. The molecule has 1 unspecified atom stereocenters. The number of rotatable bonds is 13. The van der Waals surface area contributed by atoms with Gasteiger partial charge >= 0.3 is 0 Å². The summed E-state index contributed by atoms with van der Waals surface area (Å²) in [6, 6.07) is 29.4. The minimum atomic E-state index is -0.633. The molecular weight excluding hydrogens is 588 g/mol. The third-order valence-corrected chi connectivity index (χ3v) is 7.87. The van der Waals surface area contributed by atoms with Crippen LogP contribution >= 0.6 is 11.8 Å². The smallest absolute Gasteiger partial charge is 0.272 e. The summed E-state index contributed by atoms with van der Waals surface area (Å²) < 4.78 is 5.51. The van der Waals surface area contributed by atoms with Crippen LogP contribution in [0.15, 0.2) is 114 Å². The fourth-order valence-electron chi connectivity index (χ4n) is 4.29. The Morgan fingerprint density at radius 1 is 0.844 bits per heavy atom. The van der Waals surface area contributed by atoms with Gasteiger partial charge < -0.3 is 26.4 Å². The number of hydrogen-bond acceptors (Lipinski definition) is 6. The van der Waals surface area contributed by atoms with Crippen molar-refractivity contribution in [2.24, 2.45) is 5.73 Å². The number of hydrogen-bond donors (Lipinski definition) is 4. The zero-order valence-corrected chi connectivity index (χ0v) is 25.7. The first-order valence-electron chi connectivity index (χ1n) is 14.4. The van der Waals surface area contributed by atoms with E-state index in [-0.39, 0.29) is 17.2 Å². The van der Waals surface area contributed by atoms with Gasteiger partial charge in [-0.05, 0) is 79.6 Å². The van der Waals surface area contributed by atoms with E-state index in [9.17, 15) is 19.2 Å². The molecule has 5 N–H and O–H groups in total. The molecule has 4 amide bonds. The summed E-state index contributed by atoms with van der Waals surface area (Å²) >= 11 is 1.32. The summed E-state index contributed by atoms with van der Waals surface area (Å²) in [6.45, 7) is 4.31. The predicted molar refractivity (Wildman–Crippen MR) is 178 cm³/mol. The molecule has 0 saturated heterocycles. The van der Waals surface area contributed by atoms with Crippen LogP contribution in [0.2, 0.25) is 0 Å². The van der Waals surface area contributed by atoms with Crippen LogP contribution in [0, 0.1) is 0 Å². The first-order valence-corrected chi connectivity index (χ1v) is 15.2. The van der Waals surface area contributed by atoms with Gasteiger partial charge in [-0.3, -0.25) is 19.2 Å². The predicted octanol–water partition coefficient (Wildman–Crippen LogP) is 6.10. The maximum absolute atomic E-state index is 13.5. The molecule has 0 bridgehead atoms. The van der Waals surface area contributed by atoms with Crippen LogP contribution in [0.3, 0.4) is 0 Å². The summed E-state index contributed by atoms with van der Waals surface area (Å²) in [5.74, 6) is -1.18. The fraction of sp³-hybridized carbons (Fsp3) is 0.143. The number of primary amides is 1. The third-order valence-electron chi connectivity index (χ3n) is 6.51. The molecule has 0 aliphatic heterocycles. The number of ether oxygens (including phenoxy) is 1. The molecule has 4 rings (SSSR count).